The Bertz CT molecular complexity index is 1120. The molecule has 3 aromatic carbocycles. The van der Waals surface area contributed by atoms with E-state index in [2.05, 4.69) is 13.8 Å². The van der Waals surface area contributed by atoms with Crippen LogP contribution in [-0.2, 0) is 17.2 Å². The van der Waals surface area contributed by atoms with Gasteiger partial charge in [-0.2, -0.15) is 0 Å². The number of benzene rings is 3. The molecule has 0 radical (unpaired) electrons. The van der Waals surface area contributed by atoms with Crippen molar-refractivity contribution in [3.05, 3.63) is 60.2 Å². The summed E-state index contributed by atoms with van der Waals surface area (Å²) in [6.45, 7) is 4.61. The quantitative estimate of drug-likeness (QED) is 0.201. The van der Waals surface area contributed by atoms with Gasteiger partial charge in [-0.25, -0.2) is 0 Å². The highest BCUT2D eigenvalue weighted by atomic mass is 32.2. The van der Waals surface area contributed by atoms with E-state index in [0.717, 1.165) is 30.1 Å². The molecule has 0 saturated heterocycles. The monoisotopic (exact) mass is 542 g/mol. The molecule has 206 valence electrons. The van der Waals surface area contributed by atoms with Crippen molar-refractivity contribution in [2.45, 2.75) is 64.0 Å². The zero-order valence-electron chi connectivity index (χ0n) is 22.1. The van der Waals surface area contributed by atoms with Gasteiger partial charge in [-0.05, 0) is 65.9 Å². The summed E-state index contributed by atoms with van der Waals surface area (Å²) in [6, 6.07) is 14.1. The van der Waals surface area contributed by atoms with Crippen molar-refractivity contribution in [2.24, 2.45) is 0 Å². The molecule has 4 rings (SSSR count). The van der Waals surface area contributed by atoms with Gasteiger partial charge in [0.2, 0.25) is 6.79 Å². The Morgan fingerprint density at radius 1 is 0.737 bits per heavy atom. The van der Waals surface area contributed by atoms with Gasteiger partial charge in [0.1, 0.15) is 23.0 Å². The van der Waals surface area contributed by atoms with E-state index in [4.69, 9.17) is 9.47 Å². The van der Waals surface area contributed by atoms with Gasteiger partial charge in [-0.3, -0.25) is 4.21 Å². The summed E-state index contributed by atoms with van der Waals surface area (Å²) in [6.07, 6.45) is 8.32. The fourth-order valence-corrected chi connectivity index (χ4v) is 5.51. The molecular weight excluding hydrogens is 504 g/mol. The third kappa shape index (κ3) is 9.17. The normalized spacial score (nSPS) is 13.4. The van der Waals surface area contributed by atoms with E-state index in [1.165, 1.54) is 74.1 Å². The van der Waals surface area contributed by atoms with Crippen molar-refractivity contribution in [3.63, 3.8) is 0 Å². The second kappa shape index (κ2) is 14.5. The summed E-state index contributed by atoms with van der Waals surface area (Å²) < 4.78 is 23.0. The van der Waals surface area contributed by atoms with E-state index in [9.17, 15) is 24.6 Å². The lowest BCUT2D eigenvalue weighted by Gasteiger charge is -2.12. The van der Waals surface area contributed by atoms with E-state index in [-0.39, 0.29) is 28.2 Å². The molecule has 0 fully saturated rings. The van der Waals surface area contributed by atoms with E-state index >= 15 is 0 Å². The maximum absolute atomic E-state index is 12.3. The van der Waals surface area contributed by atoms with Crippen molar-refractivity contribution in [1.82, 2.24) is 0 Å². The highest BCUT2D eigenvalue weighted by Crippen LogP contribution is 2.34. The highest BCUT2D eigenvalue weighted by molar-refractivity contribution is 7.85. The molecule has 2 unspecified atom stereocenters. The summed E-state index contributed by atoms with van der Waals surface area (Å²) in [7, 11) is -0.743. The molecule has 4 N–H and O–H groups in total. The Morgan fingerprint density at radius 2 is 1.26 bits per heavy atom. The maximum atomic E-state index is 12.3. The standard InChI is InChI=1S/C18H28O3S.C12H10O4/c1-3-4-5-6-7-8-11-22(19)15(2)12-16-9-10-17-18(13-16)21-14-20-17;13-9-1-7(2-10(14)5-9)8-3-11(15)6-12(16)4-8/h9-10,13,15H,3-8,11-12,14H2,1-2H3;1-6,13-16H. The predicted octanol–water partition coefficient (Wildman–Crippen LogP) is 6.63. The molecule has 38 heavy (non-hydrogen) atoms. The van der Waals surface area contributed by atoms with Crippen LogP contribution in [0.25, 0.3) is 11.1 Å². The fraction of sp³-hybridized carbons (Fsp3) is 0.400. The predicted molar refractivity (Wildman–Crippen MR) is 151 cm³/mol. The lowest BCUT2D eigenvalue weighted by molar-refractivity contribution is 0.174. The van der Waals surface area contributed by atoms with Crippen molar-refractivity contribution in [2.75, 3.05) is 12.5 Å². The summed E-state index contributed by atoms with van der Waals surface area (Å²) in [5, 5.41) is 37.4. The number of phenols is 4. The van der Waals surface area contributed by atoms with Gasteiger partial charge in [-0.15, -0.1) is 0 Å². The summed E-state index contributed by atoms with van der Waals surface area (Å²) in [4.78, 5) is 0. The van der Waals surface area contributed by atoms with Crippen molar-refractivity contribution < 1.29 is 34.1 Å². The van der Waals surface area contributed by atoms with Crippen LogP contribution in [0.15, 0.2) is 54.6 Å². The summed E-state index contributed by atoms with van der Waals surface area (Å²) in [5.74, 6) is 2.11. The number of hydrogen-bond acceptors (Lipinski definition) is 7. The molecular formula is C30H38O7S. The number of unbranched alkanes of at least 4 members (excludes halogenated alkanes) is 5. The first-order chi connectivity index (χ1) is 18.2. The molecule has 2 atom stereocenters. The first-order valence-corrected chi connectivity index (χ1v) is 14.5. The average Bonchev–Trinajstić information content (AvgIpc) is 3.33. The minimum atomic E-state index is -0.743. The van der Waals surface area contributed by atoms with Crippen LogP contribution in [0.2, 0.25) is 0 Å². The minimum absolute atomic E-state index is 0.0853. The topological polar surface area (TPSA) is 116 Å². The van der Waals surface area contributed by atoms with E-state index in [1.807, 2.05) is 18.2 Å². The number of ether oxygens (including phenoxy) is 2. The number of aromatic hydroxyl groups is 4. The Hall–Kier alpha value is -3.39. The molecule has 8 heteroatoms. The Kier molecular flexibility index (Phi) is 11.1. The highest BCUT2D eigenvalue weighted by Gasteiger charge is 2.16. The number of fused-ring (bicyclic) bond motifs is 1. The SMILES string of the molecule is CCCCCCCCS(=O)C(C)Cc1ccc2c(c1)OCO2.Oc1cc(O)cc(-c2cc(O)cc(O)c2)c1. The van der Waals surface area contributed by atoms with Crippen molar-refractivity contribution in [3.8, 4) is 45.6 Å². The molecule has 0 amide bonds. The molecule has 3 aromatic rings. The van der Waals surface area contributed by atoms with E-state index < -0.39 is 10.8 Å². The van der Waals surface area contributed by atoms with Gasteiger partial charge in [0.25, 0.3) is 0 Å². The van der Waals surface area contributed by atoms with Gasteiger partial charge < -0.3 is 29.9 Å². The first-order valence-electron chi connectivity index (χ1n) is 13.1. The molecule has 1 aliphatic rings. The molecule has 0 aliphatic carbocycles. The zero-order chi connectivity index (χ0) is 27.5. The van der Waals surface area contributed by atoms with E-state index in [0.29, 0.717) is 17.9 Å². The molecule has 7 nitrogen and oxygen atoms in total. The van der Waals surface area contributed by atoms with Gasteiger partial charge in [0, 0.05) is 33.9 Å². The van der Waals surface area contributed by atoms with Crippen LogP contribution in [0.1, 0.15) is 57.9 Å². The Labute approximate surface area is 227 Å². The second-order valence-electron chi connectivity index (χ2n) is 9.53. The third-order valence-electron chi connectivity index (χ3n) is 6.25. The lowest BCUT2D eigenvalue weighted by Crippen LogP contribution is -2.16. The number of rotatable bonds is 11. The zero-order valence-corrected chi connectivity index (χ0v) is 22.9. The van der Waals surface area contributed by atoms with Crippen LogP contribution in [0, 0.1) is 0 Å². The van der Waals surface area contributed by atoms with Gasteiger partial charge >= 0.3 is 0 Å². The molecule has 0 spiro atoms. The van der Waals surface area contributed by atoms with Crippen LogP contribution in [-0.4, -0.2) is 42.4 Å². The van der Waals surface area contributed by atoms with Crippen LogP contribution in [0.4, 0.5) is 0 Å². The molecule has 1 aliphatic heterocycles. The van der Waals surface area contributed by atoms with Crippen LogP contribution >= 0.6 is 0 Å². The van der Waals surface area contributed by atoms with Crippen LogP contribution in [0.5, 0.6) is 34.5 Å². The van der Waals surface area contributed by atoms with Crippen molar-refractivity contribution >= 4 is 10.8 Å². The largest absolute Gasteiger partial charge is 0.508 e. The first kappa shape index (κ1) is 29.2. The minimum Gasteiger partial charge on any atom is -0.508 e. The number of hydrogen-bond donors (Lipinski definition) is 4. The third-order valence-corrected chi connectivity index (χ3v) is 8.00. The van der Waals surface area contributed by atoms with Gasteiger partial charge in [0.15, 0.2) is 11.5 Å². The molecule has 0 saturated carbocycles. The Balaban J connectivity index is 0.000000221. The maximum Gasteiger partial charge on any atom is 0.231 e. The second-order valence-corrected chi connectivity index (χ2v) is 11.5. The summed E-state index contributed by atoms with van der Waals surface area (Å²) in [5.41, 5.74) is 2.18. The van der Waals surface area contributed by atoms with Crippen molar-refractivity contribution in [1.29, 1.82) is 0 Å². The Morgan fingerprint density at radius 3 is 1.84 bits per heavy atom. The smallest absolute Gasteiger partial charge is 0.231 e. The number of phenolic OH excluding ortho intramolecular Hbond substituents is 4. The summed E-state index contributed by atoms with van der Waals surface area (Å²) >= 11 is 0. The molecule has 0 aromatic heterocycles. The van der Waals surface area contributed by atoms with Gasteiger partial charge in [0.05, 0.1) is 0 Å². The van der Waals surface area contributed by atoms with Crippen LogP contribution in [0.3, 0.4) is 0 Å². The fourth-order valence-electron chi connectivity index (χ4n) is 4.24. The van der Waals surface area contributed by atoms with Gasteiger partial charge in [-0.1, -0.05) is 52.0 Å². The van der Waals surface area contributed by atoms with E-state index in [1.54, 1.807) is 0 Å². The molecule has 1 heterocycles. The lowest BCUT2D eigenvalue weighted by atomic mass is 10.0. The average molecular weight is 543 g/mol. The molecule has 0 bridgehead atoms. The van der Waals surface area contributed by atoms with Crippen LogP contribution < -0.4 is 9.47 Å².